The molecule has 8 nitrogen and oxygen atoms in total. The van der Waals surface area contributed by atoms with E-state index >= 15 is 0 Å². The molecule has 1 aromatic rings. The van der Waals surface area contributed by atoms with Crippen molar-refractivity contribution in [2.75, 3.05) is 19.6 Å². The molecule has 3 rings (SSSR count). The summed E-state index contributed by atoms with van der Waals surface area (Å²) in [6, 6.07) is 4.25. The van der Waals surface area contributed by atoms with Crippen LogP contribution in [0.3, 0.4) is 0 Å². The number of carbonyl (C=O) groups excluding carboxylic acids is 2. The Morgan fingerprint density at radius 1 is 1.06 bits per heavy atom. The van der Waals surface area contributed by atoms with Crippen molar-refractivity contribution in [1.82, 2.24) is 20.3 Å². The van der Waals surface area contributed by atoms with E-state index in [1.54, 1.807) is 17.0 Å². The second-order valence-electron chi connectivity index (χ2n) is 8.42. The fourth-order valence-corrected chi connectivity index (χ4v) is 5.16. The van der Waals surface area contributed by atoms with Crippen molar-refractivity contribution in [2.24, 2.45) is 0 Å². The number of nitrogens with one attached hydrogen (secondary N) is 3. The van der Waals surface area contributed by atoms with Gasteiger partial charge in [-0.3, -0.25) is 0 Å². The summed E-state index contributed by atoms with van der Waals surface area (Å²) in [7, 11) is -3.96. The predicted molar refractivity (Wildman–Crippen MR) is 119 cm³/mol. The van der Waals surface area contributed by atoms with Gasteiger partial charge >= 0.3 is 12.1 Å². The molecule has 1 fully saturated rings. The Kier molecular flexibility index (Phi) is 8.17. The minimum Gasteiger partial charge on any atom is -0.338 e. The highest BCUT2D eigenvalue weighted by Crippen LogP contribution is 2.21. The lowest BCUT2D eigenvalue weighted by Crippen LogP contribution is -2.45. The number of nitrogens with zero attached hydrogens (tertiary/aromatic N) is 1. The molecule has 4 amide bonds. The zero-order valence-corrected chi connectivity index (χ0v) is 19.1. The van der Waals surface area contributed by atoms with E-state index in [1.165, 1.54) is 6.07 Å². The van der Waals surface area contributed by atoms with E-state index in [9.17, 15) is 18.0 Å². The SMILES string of the molecule is CCCCNC(=O)N1CCc2ccc(S(=O)(=O)NC(=O)NC3CCCCC3)cc2CC1. The number of amides is 4. The highest BCUT2D eigenvalue weighted by Gasteiger charge is 2.24. The molecule has 0 spiro atoms. The van der Waals surface area contributed by atoms with E-state index < -0.39 is 16.1 Å². The molecule has 0 saturated heterocycles. The Morgan fingerprint density at radius 3 is 2.48 bits per heavy atom. The van der Waals surface area contributed by atoms with Gasteiger partial charge in [-0.2, -0.15) is 0 Å². The lowest BCUT2D eigenvalue weighted by molar-refractivity contribution is 0.200. The van der Waals surface area contributed by atoms with Gasteiger partial charge in [-0.25, -0.2) is 22.7 Å². The van der Waals surface area contributed by atoms with E-state index in [0.717, 1.165) is 56.1 Å². The molecule has 1 aliphatic carbocycles. The van der Waals surface area contributed by atoms with Gasteiger partial charge in [0.05, 0.1) is 4.90 Å². The Balaban J connectivity index is 1.61. The van der Waals surface area contributed by atoms with E-state index in [0.29, 0.717) is 32.5 Å². The number of urea groups is 2. The van der Waals surface area contributed by atoms with E-state index in [4.69, 9.17) is 0 Å². The summed E-state index contributed by atoms with van der Waals surface area (Å²) in [4.78, 5) is 26.4. The number of rotatable bonds is 6. The normalized spacial score (nSPS) is 17.4. The Bertz CT molecular complexity index is 881. The van der Waals surface area contributed by atoms with E-state index in [2.05, 4.69) is 22.3 Å². The van der Waals surface area contributed by atoms with Crippen LogP contribution in [0.15, 0.2) is 23.1 Å². The highest BCUT2D eigenvalue weighted by molar-refractivity contribution is 7.90. The van der Waals surface area contributed by atoms with Gasteiger partial charge in [-0.05, 0) is 55.4 Å². The standard InChI is InChI=1S/C22H34N4O4S/c1-2-3-13-23-22(28)26-14-11-17-9-10-20(16-18(17)12-15-26)31(29,30)25-21(27)24-19-7-5-4-6-8-19/h9-10,16,19H,2-8,11-15H2,1H3,(H,23,28)(H2,24,25,27). The van der Waals surface area contributed by atoms with Gasteiger partial charge in [0.2, 0.25) is 0 Å². The second kappa shape index (κ2) is 10.8. The molecule has 1 aliphatic heterocycles. The third-order valence-electron chi connectivity index (χ3n) is 6.05. The van der Waals surface area contributed by atoms with Gasteiger partial charge in [0.15, 0.2) is 0 Å². The molecular formula is C22H34N4O4S. The first kappa shape index (κ1) is 23.4. The Hall–Kier alpha value is -2.29. The van der Waals surface area contributed by atoms with Crippen LogP contribution in [0.2, 0.25) is 0 Å². The maximum atomic E-state index is 12.7. The monoisotopic (exact) mass is 450 g/mol. The molecule has 0 unspecified atom stereocenters. The number of sulfonamides is 1. The van der Waals surface area contributed by atoms with Crippen LogP contribution in [0.1, 0.15) is 63.0 Å². The van der Waals surface area contributed by atoms with Gasteiger partial charge in [-0.1, -0.05) is 38.7 Å². The first-order valence-corrected chi connectivity index (χ1v) is 12.9. The Morgan fingerprint density at radius 2 is 1.77 bits per heavy atom. The van der Waals surface area contributed by atoms with Gasteiger partial charge in [0.25, 0.3) is 10.0 Å². The molecule has 9 heteroatoms. The number of hydrogen-bond acceptors (Lipinski definition) is 4. The Labute approximate surface area is 185 Å². The van der Waals surface area contributed by atoms with Gasteiger partial charge in [0, 0.05) is 25.7 Å². The van der Waals surface area contributed by atoms with Crippen molar-refractivity contribution < 1.29 is 18.0 Å². The van der Waals surface area contributed by atoms with Crippen LogP contribution >= 0.6 is 0 Å². The maximum Gasteiger partial charge on any atom is 0.328 e. The smallest absolute Gasteiger partial charge is 0.328 e. The molecule has 31 heavy (non-hydrogen) atoms. The van der Waals surface area contributed by atoms with E-state index in [1.807, 2.05) is 0 Å². The van der Waals surface area contributed by atoms with Crippen molar-refractivity contribution in [3.63, 3.8) is 0 Å². The number of unbranched alkanes of at least 4 members (excludes halogenated alkanes) is 1. The molecule has 172 valence electrons. The van der Waals surface area contributed by atoms with E-state index in [-0.39, 0.29) is 17.0 Å². The van der Waals surface area contributed by atoms with Crippen molar-refractivity contribution in [3.05, 3.63) is 29.3 Å². The molecule has 0 bridgehead atoms. The van der Waals surface area contributed by atoms with Crippen LogP contribution in [0, 0.1) is 0 Å². The van der Waals surface area contributed by atoms with Crippen LogP contribution in [-0.2, 0) is 22.9 Å². The molecule has 1 saturated carbocycles. The van der Waals surface area contributed by atoms with Crippen LogP contribution in [0.5, 0.6) is 0 Å². The molecule has 2 aliphatic rings. The van der Waals surface area contributed by atoms with Gasteiger partial charge < -0.3 is 15.5 Å². The zero-order valence-electron chi connectivity index (χ0n) is 18.3. The van der Waals surface area contributed by atoms with Crippen LogP contribution in [-0.4, -0.2) is 51.1 Å². The number of hydrogen-bond donors (Lipinski definition) is 3. The minimum absolute atomic E-state index is 0.0328. The number of benzene rings is 1. The number of carbonyl (C=O) groups is 2. The van der Waals surface area contributed by atoms with Gasteiger partial charge in [0.1, 0.15) is 0 Å². The summed E-state index contributed by atoms with van der Waals surface area (Å²) in [5.74, 6) is 0. The fraction of sp³-hybridized carbons (Fsp3) is 0.636. The molecule has 0 aromatic heterocycles. The minimum atomic E-state index is -3.96. The topological polar surface area (TPSA) is 108 Å². The molecule has 0 atom stereocenters. The highest BCUT2D eigenvalue weighted by atomic mass is 32.2. The summed E-state index contributed by atoms with van der Waals surface area (Å²) < 4.78 is 27.6. The van der Waals surface area contributed by atoms with Crippen molar-refractivity contribution in [3.8, 4) is 0 Å². The largest absolute Gasteiger partial charge is 0.338 e. The first-order chi connectivity index (χ1) is 14.9. The summed E-state index contributed by atoms with van der Waals surface area (Å²) in [5.41, 5.74) is 1.94. The van der Waals surface area contributed by atoms with Crippen LogP contribution in [0.4, 0.5) is 9.59 Å². The summed E-state index contributed by atoms with van der Waals surface area (Å²) in [5, 5.41) is 5.71. The quantitative estimate of drug-likeness (QED) is 0.579. The lowest BCUT2D eigenvalue weighted by Gasteiger charge is -2.22. The third-order valence-corrected chi connectivity index (χ3v) is 7.38. The third kappa shape index (κ3) is 6.59. The summed E-state index contributed by atoms with van der Waals surface area (Å²) in [6.07, 6.45) is 8.25. The molecule has 1 heterocycles. The molecular weight excluding hydrogens is 416 g/mol. The summed E-state index contributed by atoms with van der Waals surface area (Å²) >= 11 is 0. The van der Waals surface area contributed by atoms with Crippen LogP contribution < -0.4 is 15.4 Å². The lowest BCUT2D eigenvalue weighted by atomic mass is 9.96. The van der Waals surface area contributed by atoms with Gasteiger partial charge in [-0.15, -0.1) is 0 Å². The average molecular weight is 451 g/mol. The second-order valence-corrected chi connectivity index (χ2v) is 10.1. The first-order valence-electron chi connectivity index (χ1n) is 11.4. The predicted octanol–water partition coefficient (Wildman–Crippen LogP) is 2.92. The summed E-state index contributed by atoms with van der Waals surface area (Å²) in [6.45, 7) is 3.87. The molecule has 3 N–H and O–H groups in total. The van der Waals surface area contributed by atoms with Crippen LogP contribution in [0.25, 0.3) is 0 Å². The van der Waals surface area contributed by atoms with Crippen molar-refractivity contribution >= 4 is 22.1 Å². The molecule has 0 radical (unpaired) electrons. The van der Waals surface area contributed by atoms with Crippen molar-refractivity contribution in [1.29, 1.82) is 0 Å². The molecule has 1 aromatic carbocycles. The maximum absolute atomic E-state index is 12.7. The van der Waals surface area contributed by atoms with Crippen molar-refractivity contribution in [2.45, 2.75) is 75.6 Å². The fourth-order valence-electron chi connectivity index (χ4n) is 4.20. The zero-order chi connectivity index (χ0) is 22.3. The number of fused-ring (bicyclic) bond motifs is 1. The average Bonchev–Trinajstić information content (AvgIpc) is 2.96.